The fraction of sp³-hybridized carbons (Fsp3) is 0. The molecular weight excluding hydrogens is 910 g/mol. The molecule has 0 fully saturated rings. The van der Waals surface area contributed by atoms with Crippen molar-refractivity contribution < 1.29 is 42.1 Å². The normalized spacial score (nSPS) is 10.2. The first-order chi connectivity index (χ1) is 21.1. The molecule has 0 radical (unpaired) electrons. The minimum Gasteiger partial charge on any atom is -0.473 e. The van der Waals surface area contributed by atoms with E-state index in [9.17, 15) is 0 Å². The molecule has 232 valence electrons. The van der Waals surface area contributed by atoms with Crippen LogP contribution in [0.4, 0.5) is 20.5 Å². The van der Waals surface area contributed by atoms with Crippen LogP contribution in [0, 0.1) is 0 Å². The molecule has 0 atom stereocenters. The van der Waals surface area contributed by atoms with E-state index in [1.807, 2.05) is 48.5 Å². The van der Waals surface area contributed by atoms with E-state index in [4.69, 9.17) is 69.3 Å². The van der Waals surface area contributed by atoms with Crippen molar-refractivity contribution in [2.75, 3.05) is 0 Å². The number of benzene rings is 4. The third kappa shape index (κ3) is 9.63. The van der Waals surface area contributed by atoms with Gasteiger partial charge in [0.1, 0.15) is 0 Å². The van der Waals surface area contributed by atoms with Gasteiger partial charge in [-0.05, 0) is 91.1 Å². The SMILES string of the molecule is [Mo+2].[Mo+2].[NH-]c1nc2c(Cl)cccc2s1.[NH-]c1nc2c(Cl)cccc2s1.[NH-]c1nc2c(Cl)cccc2s1.[NH-]c1nc2c(Cl)cccc2s1. The third-order valence-electron chi connectivity index (χ3n) is 5.48. The smallest absolute Gasteiger partial charge is 0.473 e. The van der Waals surface area contributed by atoms with Crippen molar-refractivity contribution in [2.45, 2.75) is 0 Å². The molecule has 4 heterocycles. The van der Waals surface area contributed by atoms with Crippen molar-refractivity contribution in [2.24, 2.45) is 0 Å². The zero-order chi connectivity index (χ0) is 31.4. The van der Waals surface area contributed by atoms with Gasteiger partial charge in [0.2, 0.25) is 0 Å². The largest absolute Gasteiger partial charge is 2.00 e. The fourth-order valence-corrected chi connectivity index (χ4v) is 7.73. The first kappa shape index (κ1) is 38.6. The number of halogens is 4. The Balaban J connectivity index is 0.000000165. The van der Waals surface area contributed by atoms with Crippen LogP contribution in [0.1, 0.15) is 0 Å². The van der Waals surface area contributed by atoms with Crippen molar-refractivity contribution in [3.8, 4) is 0 Å². The predicted molar refractivity (Wildman–Crippen MR) is 194 cm³/mol. The van der Waals surface area contributed by atoms with E-state index in [0.29, 0.717) is 40.6 Å². The summed E-state index contributed by atoms with van der Waals surface area (Å²) in [5.74, 6) is 0. The van der Waals surface area contributed by atoms with Gasteiger partial charge in [-0.3, -0.25) is 0 Å². The Bertz CT molecular complexity index is 1910. The van der Waals surface area contributed by atoms with Gasteiger partial charge < -0.3 is 42.9 Å². The van der Waals surface area contributed by atoms with Crippen LogP contribution in [0.5, 0.6) is 0 Å². The van der Waals surface area contributed by atoms with Gasteiger partial charge in [0.15, 0.2) is 0 Å². The summed E-state index contributed by atoms with van der Waals surface area (Å²) in [6, 6.07) is 22.2. The molecule has 8 aromatic rings. The first-order valence-corrected chi connectivity index (χ1v) is 16.9. The molecule has 8 rings (SSSR count). The Hall–Kier alpha value is -1.82. The van der Waals surface area contributed by atoms with Gasteiger partial charge in [-0.25, -0.2) is 0 Å². The maximum atomic E-state index is 7.27. The van der Waals surface area contributed by atoms with E-state index in [-0.39, 0.29) is 42.1 Å². The molecule has 4 aromatic carbocycles. The van der Waals surface area contributed by atoms with E-state index >= 15 is 0 Å². The quantitative estimate of drug-likeness (QED) is 0.139. The number of thiazole rings is 4. The summed E-state index contributed by atoms with van der Waals surface area (Å²) < 4.78 is 3.90. The van der Waals surface area contributed by atoms with Crippen LogP contribution in [0.25, 0.3) is 63.8 Å². The number of nitrogens with zero attached hydrogens (tertiary/aromatic N) is 4. The number of aromatic nitrogens is 4. The summed E-state index contributed by atoms with van der Waals surface area (Å²) in [5.41, 5.74) is 32.0. The average molecular weight is 926 g/mol. The Morgan fingerprint density at radius 3 is 0.739 bits per heavy atom. The van der Waals surface area contributed by atoms with Crippen LogP contribution >= 0.6 is 91.8 Å². The van der Waals surface area contributed by atoms with E-state index in [0.717, 1.165) is 40.9 Å². The van der Waals surface area contributed by atoms with Crippen molar-refractivity contribution in [1.29, 1.82) is 0 Å². The summed E-state index contributed by atoms with van der Waals surface area (Å²) in [4.78, 5) is 15.9. The monoisotopic (exact) mass is 928 g/mol. The van der Waals surface area contributed by atoms with Gasteiger partial charge in [0, 0.05) is 38.9 Å². The molecule has 0 spiro atoms. The Morgan fingerprint density at radius 1 is 0.370 bits per heavy atom. The predicted octanol–water partition coefficient (Wildman–Crippen LogP) is 14.5. The zero-order valence-electron chi connectivity index (χ0n) is 22.7. The van der Waals surface area contributed by atoms with Gasteiger partial charge in [0.25, 0.3) is 0 Å². The Labute approximate surface area is 327 Å². The molecule has 46 heavy (non-hydrogen) atoms. The van der Waals surface area contributed by atoms with E-state index in [1.165, 1.54) is 45.3 Å². The van der Waals surface area contributed by atoms with Crippen LogP contribution in [0.3, 0.4) is 0 Å². The number of nitrogens with one attached hydrogen (secondary N) is 4. The molecule has 0 aliphatic heterocycles. The van der Waals surface area contributed by atoms with Gasteiger partial charge >= 0.3 is 42.1 Å². The van der Waals surface area contributed by atoms with Crippen molar-refractivity contribution >= 4 is 153 Å². The fourth-order valence-electron chi connectivity index (χ4n) is 3.66. The number of hydrogen-bond acceptors (Lipinski definition) is 8. The maximum Gasteiger partial charge on any atom is 2.00 e. The molecule has 0 amide bonds. The van der Waals surface area contributed by atoms with Gasteiger partial charge in [-0.1, -0.05) is 70.7 Å². The third-order valence-corrected chi connectivity index (χ3v) is 10.0. The van der Waals surface area contributed by atoms with E-state index < -0.39 is 0 Å². The zero-order valence-corrected chi connectivity index (χ0v) is 33.0. The topological polar surface area (TPSA) is 147 Å². The first-order valence-electron chi connectivity index (χ1n) is 12.2. The molecule has 8 nitrogen and oxygen atoms in total. The summed E-state index contributed by atoms with van der Waals surface area (Å²) in [6.45, 7) is 0. The molecule has 0 saturated carbocycles. The van der Waals surface area contributed by atoms with Crippen LogP contribution in [0.15, 0.2) is 72.8 Å². The van der Waals surface area contributed by atoms with Crippen molar-refractivity contribution in [1.82, 2.24) is 19.9 Å². The second kappa shape index (κ2) is 17.5. The van der Waals surface area contributed by atoms with Gasteiger partial charge in [0.05, 0.1) is 0 Å². The molecule has 18 heteroatoms. The van der Waals surface area contributed by atoms with Crippen LogP contribution < -0.4 is 0 Å². The molecular formula is C28H16Cl4Mo2N8S4. The summed E-state index contributed by atoms with van der Waals surface area (Å²) in [7, 11) is 0. The van der Waals surface area contributed by atoms with Crippen LogP contribution in [0.2, 0.25) is 20.1 Å². The maximum absolute atomic E-state index is 7.27. The molecule has 0 saturated heterocycles. The molecule has 0 aliphatic rings. The van der Waals surface area contributed by atoms with Gasteiger partial charge in [-0.15, -0.1) is 45.3 Å². The summed E-state index contributed by atoms with van der Waals surface area (Å²) in [6.07, 6.45) is 0. The van der Waals surface area contributed by atoms with Crippen LogP contribution in [-0.4, -0.2) is 19.9 Å². The number of para-hydroxylation sites is 4. The molecule has 0 aliphatic carbocycles. The summed E-state index contributed by atoms with van der Waals surface area (Å²) in [5, 5.41) is 3.74. The minimum atomic E-state index is 0. The standard InChI is InChI=1S/4C7H4ClN2S.2Mo/c4*8-4-2-1-3-5-6(4)10-7(9)11-5;;/h4*1-3H,(H-,9,10);;/q4*-1;2*+2. The second-order valence-corrected chi connectivity index (χ2v) is 14.2. The molecule has 0 bridgehead atoms. The van der Waals surface area contributed by atoms with E-state index in [1.54, 1.807) is 24.3 Å². The van der Waals surface area contributed by atoms with Crippen molar-refractivity contribution in [3.05, 3.63) is 116 Å². The molecule has 0 unspecified atom stereocenters. The van der Waals surface area contributed by atoms with Crippen molar-refractivity contribution in [3.63, 3.8) is 0 Å². The number of hydrogen-bond donors (Lipinski definition) is 0. The average Bonchev–Trinajstić information content (AvgIpc) is 3.75. The number of fused-ring (bicyclic) bond motifs is 4. The van der Waals surface area contributed by atoms with Gasteiger partial charge in [-0.2, -0.15) is 0 Å². The molecule has 4 aromatic heterocycles. The second-order valence-electron chi connectivity index (χ2n) is 8.42. The molecule has 4 N–H and O–H groups in total. The Kier molecular flexibility index (Phi) is 14.7. The van der Waals surface area contributed by atoms with Crippen LogP contribution in [-0.2, 0) is 42.1 Å². The van der Waals surface area contributed by atoms with E-state index in [2.05, 4.69) is 19.9 Å². The number of rotatable bonds is 0. The minimum absolute atomic E-state index is 0. The summed E-state index contributed by atoms with van der Waals surface area (Å²) >= 11 is 28.7. The Morgan fingerprint density at radius 2 is 0.565 bits per heavy atom.